The van der Waals surface area contributed by atoms with Crippen molar-refractivity contribution in [2.24, 2.45) is 0 Å². The molecule has 0 unspecified atom stereocenters. The van der Waals surface area contributed by atoms with Gasteiger partial charge in [0.05, 0.1) is 18.8 Å². The number of hydrogen-bond acceptors (Lipinski definition) is 4. The third-order valence-electron chi connectivity index (χ3n) is 2.75. The van der Waals surface area contributed by atoms with Gasteiger partial charge in [0.2, 0.25) is 0 Å². The second kappa shape index (κ2) is 4.12. The van der Waals surface area contributed by atoms with Crippen molar-refractivity contribution in [3.8, 4) is 0 Å². The normalized spacial score (nSPS) is 14.6. The van der Waals surface area contributed by atoms with Crippen molar-refractivity contribution in [1.29, 1.82) is 0 Å². The highest BCUT2D eigenvalue weighted by Gasteiger charge is 2.30. The van der Waals surface area contributed by atoms with Crippen molar-refractivity contribution in [3.05, 3.63) is 27.2 Å². The summed E-state index contributed by atoms with van der Waals surface area (Å²) in [5.41, 5.74) is 1.40. The van der Waals surface area contributed by atoms with E-state index in [1.54, 1.807) is 0 Å². The summed E-state index contributed by atoms with van der Waals surface area (Å²) in [4.78, 5) is 25.1. The number of ether oxygens (including phenoxy) is 1. The number of amides is 1. The smallest absolute Gasteiger partial charge is 0.410 e. The van der Waals surface area contributed by atoms with E-state index in [4.69, 9.17) is 4.74 Å². The number of nitrogens with zero attached hydrogens (tertiary/aromatic N) is 2. The summed E-state index contributed by atoms with van der Waals surface area (Å²) < 4.78 is 5.29. The molecule has 0 fully saturated rings. The van der Waals surface area contributed by atoms with Crippen molar-refractivity contribution < 1.29 is 9.53 Å². The number of aromatic amines is 1. The first-order chi connectivity index (χ1) is 8.28. The summed E-state index contributed by atoms with van der Waals surface area (Å²) in [6, 6.07) is 0. The number of rotatable bonds is 0. The lowest BCUT2D eigenvalue weighted by Crippen LogP contribution is -2.33. The first-order valence-electron chi connectivity index (χ1n) is 5.83. The van der Waals surface area contributed by atoms with Crippen molar-refractivity contribution in [2.45, 2.75) is 46.4 Å². The summed E-state index contributed by atoms with van der Waals surface area (Å²) in [7, 11) is 0. The zero-order valence-corrected chi connectivity index (χ0v) is 11.0. The van der Waals surface area contributed by atoms with E-state index in [1.807, 2.05) is 27.7 Å². The molecule has 0 saturated carbocycles. The van der Waals surface area contributed by atoms with Gasteiger partial charge in [0.25, 0.3) is 5.56 Å². The first kappa shape index (κ1) is 12.6. The Hall–Kier alpha value is -1.85. The number of aryl methyl sites for hydroxylation is 1. The molecule has 0 spiro atoms. The van der Waals surface area contributed by atoms with Crippen LogP contribution in [0.4, 0.5) is 4.79 Å². The topological polar surface area (TPSA) is 75.3 Å². The number of carbonyl (C=O) groups excluding carboxylic acids is 1. The van der Waals surface area contributed by atoms with Crippen LogP contribution in [0.2, 0.25) is 0 Å². The largest absolute Gasteiger partial charge is 0.444 e. The molecule has 6 heteroatoms. The maximum Gasteiger partial charge on any atom is 0.410 e. The summed E-state index contributed by atoms with van der Waals surface area (Å²) >= 11 is 0. The van der Waals surface area contributed by atoms with Crippen LogP contribution in [0, 0.1) is 6.92 Å². The van der Waals surface area contributed by atoms with Gasteiger partial charge < -0.3 is 4.74 Å². The maximum absolute atomic E-state index is 11.9. The highest BCUT2D eigenvalue weighted by molar-refractivity contribution is 5.69. The summed E-state index contributed by atoms with van der Waals surface area (Å²) in [5.74, 6) is 0. The predicted molar refractivity (Wildman–Crippen MR) is 65.1 cm³/mol. The van der Waals surface area contributed by atoms with Gasteiger partial charge in [0.15, 0.2) is 0 Å². The molecule has 0 atom stereocenters. The standard InChI is InChI=1S/C12H17N3O3/c1-7-8-5-15(11(17)18-12(2,3)4)6-9(8)10(16)14-13-7/h5-6H2,1-4H3,(H,14,16). The molecule has 1 aromatic rings. The molecule has 18 heavy (non-hydrogen) atoms. The lowest BCUT2D eigenvalue weighted by molar-refractivity contribution is 0.0241. The summed E-state index contributed by atoms with van der Waals surface area (Å²) in [6.07, 6.45) is -0.405. The van der Waals surface area contributed by atoms with Gasteiger partial charge in [0.1, 0.15) is 5.60 Å². The highest BCUT2D eigenvalue weighted by atomic mass is 16.6. The Morgan fingerprint density at radius 3 is 2.50 bits per heavy atom. The molecule has 0 bridgehead atoms. The van der Waals surface area contributed by atoms with Crippen LogP contribution in [0.15, 0.2) is 4.79 Å². The third kappa shape index (κ3) is 2.37. The molecule has 1 N–H and O–H groups in total. The van der Waals surface area contributed by atoms with Crippen molar-refractivity contribution in [3.63, 3.8) is 0 Å². The summed E-state index contributed by atoms with van der Waals surface area (Å²) in [6.45, 7) is 7.92. The van der Waals surface area contributed by atoms with Crippen molar-refractivity contribution >= 4 is 6.09 Å². The lowest BCUT2D eigenvalue weighted by Gasteiger charge is -2.24. The molecule has 1 aliphatic heterocycles. The Bertz CT molecular complexity index is 542. The van der Waals surface area contributed by atoms with Crippen LogP contribution in [0.3, 0.4) is 0 Å². The van der Waals surface area contributed by atoms with Crippen LogP contribution in [0.5, 0.6) is 0 Å². The van der Waals surface area contributed by atoms with Gasteiger partial charge in [0, 0.05) is 11.1 Å². The SMILES string of the molecule is Cc1n[nH]c(=O)c2c1CN(C(=O)OC(C)(C)C)C2. The van der Waals surface area contributed by atoms with E-state index in [9.17, 15) is 9.59 Å². The number of aromatic nitrogens is 2. The second-order valence-corrected chi connectivity index (χ2v) is 5.43. The summed E-state index contributed by atoms with van der Waals surface area (Å²) in [5, 5.41) is 6.33. The van der Waals surface area contributed by atoms with Gasteiger partial charge in [-0.1, -0.05) is 0 Å². The van der Waals surface area contributed by atoms with Crippen LogP contribution in [0.1, 0.15) is 37.6 Å². The molecule has 98 valence electrons. The minimum atomic E-state index is -0.536. The van der Waals surface area contributed by atoms with Gasteiger partial charge in [-0.25, -0.2) is 9.89 Å². The molecule has 0 radical (unpaired) electrons. The van der Waals surface area contributed by atoms with Crippen LogP contribution in [-0.2, 0) is 17.8 Å². The van der Waals surface area contributed by atoms with Gasteiger partial charge in [-0.15, -0.1) is 0 Å². The lowest BCUT2D eigenvalue weighted by atomic mass is 10.1. The fourth-order valence-corrected chi connectivity index (χ4v) is 1.90. The van der Waals surface area contributed by atoms with Crippen LogP contribution in [0.25, 0.3) is 0 Å². The number of H-pyrrole nitrogens is 1. The molecule has 1 amide bonds. The molecule has 1 aliphatic rings. The Morgan fingerprint density at radius 2 is 1.94 bits per heavy atom. The monoisotopic (exact) mass is 251 g/mol. The van der Waals surface area contributed by atoms with Crippen LogP contribution >= 0.6 is 0 Å². The fraction of sp³-hybridized carbons (Fsp3) is 0.583. The Morgan fingerprint density at radius 1 is 1.33 bits per heavy atom. The fourth-order valence-electron chi connectivity index (χ4n) is 1.90. The van der Waals surface area contributed by atoms with Gasteiger partial charge >= 0.3 is 6.09 Å². The molecular formula is C12H17N3O3. The number of hydrogen-bond donors (Lipinski definition) is 1. The Kier molecular flexibility index (Phi) is 2.88. The Labute approximate surface area is 105 Å². The van der Waals surface area contributed by atoms with Gasteiger partial charge in [-0.05, 0) is 27.7 Å². The molecule has 0 aliphatic carbocycles. The van der Waals surface area contributed by atoms with E-state index in [0.29, 0.717) is 12.1 Å². The van der Waals surface area contributed by atoms with E-state index >= 15 is 0 Å². The minimum Gasteiger partial charge on any atom is -0.444 e. The number of carbonyl (C=O) groups is 1. The average Bonchev–Trinajstić information content (AvgIpc) is 2.67. The van der Waals surface area contributed by atoms with E-state index in [0.717, 1.165) is 11.3 Å². The maximum atomic E-state index is 11.9. The van der Waals surface area contributed by atoms with Gasteiger partial charge in [-0.3, -0.25) is 9.69 Å². The van der Waals surface area contributed by atoms with E-state index in [1.165, 1.54) is 4.90 Å². The molecule has 0 saturated heterocycles. The first-order valence-corrected chi connectivity index (χ1v) is 5.83. The third-order valence-corrected chi connectivity index (χ3v) is 2.75. The number of fused-ring (bicyclic) bond motifs is 1. The molecule has 1 aromatic heterocycles. The highest BCUT2D eigenvalue weighted by Crippen LogP contribution is 2.23. The molecule has 6 nitrogen and oxygen atoms in total. The van der Waals surface area contributed by atoms with E-state index in [2.05, 4.69) is 10.2 Å². The van der Waals surface area contributed by atoms with Crippen LogP contribution < -0.4 is 5.56 Å². The van der Waals surface area contributed by atoms with E-state index < -0.39 is 11.7 Å². The average molecular weight is 251 g/mol. The molecule has 2 rings (SSSR count). The van der Waals surface area contributed by atoms with Crippen molar-refractivity contribution in [2.75, 3.05) is 0 Å². The molecule has 0 aromatic carbocycles. The zero-order chi connectivity index (χ0) is 13.5. The van der Waals surface area contributed by atoms with Crippen molar-refractivity contribution in [1.82, 2.24) is 15.1 Å². The minimum absolute atomic E-state index is 0.235. The second-order valence-electron chi connectivity index (χ2n) is 5.43. The quantitative estimate of drug-likeness (QED) is 0.754. The zero-order valence-electron chi connectivity index (χ0n) is 11.0. The molecular weight excluding hydrogens is 234 g/mol. The van der Waals surface area contributed by atoms with E-state index in [-0.39, 0.29) is 12.1 Å². The van der Waals surface area contributed by atoms with Crippen LogP contribution in [-0.4, -0.2) is 26.8 Å². The predicted octanol–water partition coefficient (Wildman–Crippen LogP) is 1.33. The van der Waals surface area contributed by atoms with Gasteiger partial charge in [-0.2, -0.15) is 5.10 Å². The molecule has 2 heterocycles. The number of nitrogens with one attached hydrogen (secondary N) is 1. The Balaban J connectivity index is 2.20.